The number of alkyl halides is 1. The van der Waals surface area contributed by atoms with E-state index in [0.717, 1.165) is 10.2 Å². The molecule has 1 aromatic rings. The first kappa shape index (κ1) is 13.9. The van der Waals surface area contributed by atoms with Gasteiger partial charge < -0.3 is 4.74 Å². The first-order chi connectivity index (χ1) is 7.54. The fourth-order valence-corrected chi connectivity index (χ4v) is 1.85. The molecule has 0 spiro atoms. The standard InChI is InChI=1S/C13H18BrClO/c1-9(2)12-6-11(14)4-5-13(12)16-8-10(3)7-15/h4-6,9-10H,7-8H2,1-3H3. The number of halogens is 2. The fourth-order valence-electron chi connectivity index (χ4n) is 1.38. The number of rotatable bonds is 5. The quantitative estimate of drug-likeness (QED) is 0.708. The molecule has 1 unspecified atom stereocenters. The molecule has 16 heavy (non-hydrogen) atoms. The maximum atomic E-state index is 5.80. The SMILES string of the molecule is CC(CCl)COc1ccc(Br)cc1C(C)C. The van der Waals surface area contributed by atoms with E-state index >= 15 is 0 Å². The zero-order valence-corrected chi connectivity index (χ0v) is 12.3. The van der Waals surface area contributed by atoms with Crippen molar-refractivity contribution in [2.24, 2.45) is 5.92 Å². The molecule has 90 valence electrons. The average molecular weight is 306 g/mol. The van der Waals surface area contributed by atoms with Crippen molar-refractivity contribution >= 4 is 27.5 Å². The van der Waals surface area contributed by atoms with E-state index in [0.29, 0.717) is 24.3 Å². The van der Waals surface area contributed by atoms with Crippen LogP contribution in [0.15, 0.2) is 22.7 Å². The van der Waals surface area contributed by atoms with Crippen LogP contribution in [0.2, 0.25) is 0 Å². The number of hydrogen-bond donors (Lipinski definition) is 0. The monoisotopic (exact) mass is 304 g/mol. The topological polar surface area (TPSA) is 9.23 Å². The molecule has 0 bridgehead atoms. The van der Waals surface area contributed by atoms with Gasteiger partial charge in [-0.1, -0.05) is 36.7 Å². The largest absolute Gasteiger partial charge is 0.493 e. The van der Waals surface area contributed by atoms with Gasteiger partial charge in [0, 0.05) is 16.3 Å². The predicted octanol–water partition coefficient (Wildman–Crippen LogP) is 4.83. The van der Waals surface area contributed by atoms with Gasteiger partial charge in [-0.15, -0.1) is 11.6 Å². The predicted molar refractivity (Wildman–Crippen MR) is 73.6 cm³/mol. The van der Waals surface area contributed by atoms with Crippen LogP contribution in [0.25, 0.3) is 0 Å². The van der Waals surface area contributed by atoms with Crippen molar-refractivity contribution in [2.45, 2.75) is 26.7 Å². The molecule has 0 fully saturated rings. The molecule has 0 aliphatic carbocycles. The number of benzene rings is 1. The zero-order valence-electron chi connectivity index (χ0n) is 9.97. The lowest BCUT2D eigenvalue weighted by molar-refractivity contribution is 0.269. The van der Waals surface area contributed by atoms with Crippen LogP contribution in [0.3, 0.4) is 0 Å². The van der Waals surface area contributed by atoms with Crippen LogP contribution < -0.4 is 4.74 Å². The van der Waals surface area contributed by atoms with Gasteiger partial charge in [0.2, 0.25) is 0 Å². The third-order valence-electron chi connectivity index (χ3n) is 2.38. The van der Waals surface area contributed by atoms with Crippen LogP contribution in [-0.4, -0.2) is 12.5 Å². The van der Waals surface area contributed by atoms with Crippen LogP contribution in [-0.2, 0) is 0 Å². The smallest absolute Gasteiger partial charge is 0.122 e. The molecule has 0 aromatic heterocycles. The minimum Gasteiger partial charge on any atom is -0.493 e. The Kier molecular flexibility index (Phi) is 5.63. The van der Waals surface area contributed by atoms with Crippen LogP contribution >= 0.6 is 27.5 Å². The van der Waals surface area contributed by atoms with Gasteiger partial charge in [-0.25, -0.2) is 0 Å². The Morgan fingerprint density at radius 3 is 2.56 bits per heavy atom. The van der Waals surface area contributed by atoms with E-state index in [1.165, 1.54) is 5.56 Å². The summed E-state index contributed by atoms with van der Waals surface area (Å²) in [4.78, 5) is 0. The van der Waals surface area contributed by atoms with Crippen LogP contribution in [0.5, 0.6) is 5.75 Å². The summed E-state index contributed by atoms with van der Waals surface area (Å²) in [5.41, 5.74) is 1.23. The average Bonchev–Trinajstić information content (AvgIpc) is 2.26. The summed E-state index contributed by atoms with van der Waals surface area (Å²) >= 11 is 9.24. The highest BCUT2D eigenvalue weighted by atomic mass is 79.9. The second kappa shape index (κ2) is 6.51. The molecule has 0 saturated heterocycles. The van der Waals surface area contributed by atoms with E-state index in [1.807, 2.05) is 12.1 Å². The maximum Gasteiger partial charge on any atom is 0.122 e. The normalized spacial score (nSPS) is 12.9. The van der Waals surface area contributed by atoms with Crippen molar-refractivity contribution in [3.05, 3.63) is 28.2 Å². The summed E-state index contributed by atoms with van der Waals surface area (Å²) in [5.74, 6) is 2.44. The molecule has 1 nitrogen and oxygen atoms in total. The maximum absolute atomic E-state index is 5.80. The second-order valence-electron chi connectivity index (χ2n) is 4.41. The van der Waals surface area contributed by atoms with E-state index in [4.69, 9.17) is 16.3 Å². The van der Waals surface area contributed by atoms with Gasteiger partial charge in [-0.2, -0.15) is 0 Å². The Labute approximate surface area is 111 Å². The van der Waals surface area contributed by atoms with Gasteiger partial charge in [0.05, 0.1) is 6.61 Å². The summed E-state index contributed by atoms with van der Waals surface area (Å²) < 4.78 is 6.89. The summed E-state index contributed by atoms with van der Waals surface area (Å²) in [6.45, 7) is 7.09. The molecule has 0 saturated carbocycles. The second-order valence-corrected chi connectivity index (χ2v) is 5.63. The van der Waals surface area contributed by atoms with Crippen molar-refractivity contribution in [2.75, 3.05) is 12.5 Å². The molecule has 0 amide bonds. The van der Waals surface area contributed by atoms with Crippen molar-refractivity contribution in [1.82, 2.24) is 0 Å². The molecule has 0 aliphatic rings. The molecular weight excluding hydrogens is 287 g/mol. The van der Waals surface area contributed by atoms with Crippen LogP contribution in [0, 0.1) is 5.92 Å². The summed E-state index contributed by atoms with van der Waals surface area (Å²) in [7, 11) is 0. The molecule has 0 aliphatic heterocycles. The van der Waals surface area contributed by atoms with Gasteiger partial charge in [0.1, 0.15) is 5.75 Å². The van der Waals surface area contributed by atoms with E-state index in [9.17, 15) is 0 Å². The molecule has 1 aromatic carbocycles. The molecule has 3 heteroatoms. The van der Waals surface area contributed by atoms with Crippen molar-refractivity contribution in [3.63, 3.8) is 0 Å². The lowest BCUT2D eigenvalue weighted by atomic mass is 10.0. The Balaban J connectivity index is 2.78. The molecule has 0 radical (unpaired) electrons. The first-order valence-electron chi connectivity index (χ1n) is 5.52. The van der Waals surface area contributed by atoms with Gasteiger partial charge in [-0.3, -0.25) is 0 Å². The molecule has 1 rings (SSSR count). The van der Waals surface area contributed by atoms with E-state index in [-0.39, 0.29) is 0 Å². The van der Waals surface area contributed by atoms with Gasteiger partial charge >= 0.3 is 0 Å². The highest BCUT2D eigenvalue weighted by Crippen LogP contribution is 2.29. The van der Waals surface area contributed by atoms with E-state index < -0.39 is 0 Å². The zero-order chi connectivity index (χ0) is 12.1. The lowest BCUT2D eigenvalue weighted by Gasteiger charge is -2.16. The Hall–Kier alpha value is -0.210. The molecule has 1 atom stereocenters. The van der Waals surface area contributed by atoms with E-state index in [1.54, 1.807) is 0 Å². The van der Waals surface area contributed by atoms with Crippen molar-refractivity contribution in [3.8, 4) is 5.75 Å². The Morgan fingerprint density at radius 1 is 1.31 bits per heavy atom. The highest BCUT2D eigenvalue weighted by molar-refractivity contribution is 9.10. The number of hydrogen-bond acceptors (Lipinski definition) is 1. The van der Waals surface area contributed by atoms with Crippen LogP contribution in [0.4, 0.5) is 0 Å². The molecule has 0 N–H and O–H groups in total. The van der Waals surface area contributed by atoms with E-state index in [2.05, 4.69) is 42.8 Å². The third-order valence-corrected chi connectivity index (χ3v) is 3.40. The van der Waals surface area contributed by atoms with Gasteiger partial charge in [-0.05, 0) is 29.7 Å². The van der Waals surface area contributed by atoms with Crippen molar-refractivity contribution in [1.29, 1.82) is 0 Å². The molecule has 0 heterocycles. The highest BCUT2D eigenvalue weighted by Gasteiger charge is 2.09. The summed E-state index contributed by atoms with van der Waals surface area (Å²) in [5, 5.41) is 0. The summed E-state index contributed by atoms with van der Waals surface area (Å²) in [6, 6.07) is 6.14. The Bertz CT molecular complexity index is 339. The molecular formula is C13H18BrClO. The summed E-state index contributed by atoms with van der Waals surface area (Å²) in [6.07, 6.45) is 0. The first-order valence-corrected chi connectivity index (χ1v) is 6.85. The number of ether oxygens (including phenoxy) is 1. The minimum atomic E-state index is 0.380. The Morgan fingerprint density at radius 2 is 2.00 bits per heavy atom. The van der Waals surface area contributed by atoms with Gasteiger partial charge in [0.25, 0.3) is 0 Å². The van der Waals surface area contributed by atoms with Crippen molar-refractivity contribution < 1.29 is 4.74 Å². The lowest BCUT2D eigenvalue weighted by Crippen LogP contribution is -2.11. The van der Waals surface area contributed by atoms with Gasteiger partial charge in [0.15, 0.2) is 0 Å². The minimum absolute atomic E-state index is 0.380. The third kappa shape index (κ3) is 3.99. The van der Waals surface area contributed by atoms with Crippen LogP contribution in [0.1, 0.15) is 32.3 Å². The fraction of sp³-hybridized carbons (Fsp3) is 0.538.